The molecule has 0 aromatic carbocycles. The maximum Gasteiger partial charge on any atom is 0.224 e. The van der Waals surface area contributed by atoms with E-state index in [1.54, 1.807) is 0 Å². The number of carbonyl (C=O) groups excluding carboxylic acids is 1. The third-order valence-electron chi connectivity index (χ3n) is 5.90. The lowest BCUT2D eigenvalue weighted by Gasteiger charge is -2.40. The number of aromatic nitrogens is 2. The van der Waals surface area contributed by atoms with E-state index in [9.17, 15) is 4.79 Å². The highest BCUT2D eigenvalue weighted by Gasteiger charge is 2.30. The van der Waals surface area contributed by atoms with E-state index in [1.807, 2.05) is 0 Å². The number of anilines is 1. The van der Waals surface area contributed by atoms with Gasteiger partial charge in [-0.3, -0.25) is 4.79 Å². The van der Waals surface area contributed by atoms with Gasteiger partial charge in [0.15, 0.2) is 5.82 Å². The zero-order valence-corrected chi connectivity index (χ0v) is 15.2. The molecule has 0 saturated carbocycles. The molecule has 0 bridgehead atoms. The molecule has 6 nitrogen and oxygen atoms in total. The van der Waals surface area contributed by atoms with Gasteiger partial charge in [0.25, 0.3) is 0 Å². The molecule has 1 amide bonds. The Morgan fingerprint density at radius 3 is 2.88 bits per heavy atom. The number of nitrogens with one attached hydrogen (secondary N) is 1. The van der Waals surface area contributed by atoms with Gasteiger partial charge in [0.2, 0.25) is 5.91 Å². The predicted octanol–water partition coefficient (Wildman–Crippen LogP) is 1.25. The van der Waals surface area contributed by atoms with Gasteiger partial charge in [-0.1, -0.05) is 0 Å². The second-order valence-corrected chi connectivity index (χ2v) is 8.00. The van der Waals surface area contributed by atoms with E-state index in [0.29, 0.717) is 5.92 Å². The molecule has 4 rings (SSSR count). The summed E-state index contributed by atoms with van der Waals surface area (Å²) in [4.78, 5) is 16.9. The first-order valence-corrected chi connectivity index (χ1v) is 9.75. The summed E-state index contributed by atoms with van der Waals surface area (Å²) in [6, 6.07) is 2.23. The van der Waals surface area contributed by atoms with Crippen molar-refractivity contribution in [2.45, 2.75) is 38.5 Å². The normalized spacial score (nSPS) is 24.5. The van der Waals surface area contributed by atoms with Crippen LogP contribution in [0.3, 0.4) is 0 Å². The van der Waals surface area contributed by atoms with Crippen molar-refractivity contribution >= 4 is 11.7 Å². The number of nitrogens with zero attached hydrogens (tertiary/aromatic N) is 4. The van der Waals surface area contributed by atoms with Gasteiger partial charge < -0.3 is 15.1 Å². The second kappa shape index (κ2) is 7.28. The Bertz CT molecular complexity index is 628. The van der Waals surface area contributed by atoms with Gasteiger partial charge in [-0.2, -0.15) is 5.10 Å². The maximum absolute atomic E-state index is 12.3. The molecule has 0 radical (unpaired) electrons. The molecule has 1 aliphatic carbocycles. The van der Waals surface area contributed by atoms with Crippen LogP contribution in [0.1, 0.15) is 36.9 Å². The molecule has 1 N–H and O–H groups in total. The fraction of sp³-hybridized carbons (Fsp3) is 0.737. The number of hydrogen-bond donors (Lipinski definition) is 1. The molecule has 25 heavy (non-hydrogen) atoms. The smallest absolute Gasteiger partial charge is 0.224 e. The summed E-state index contributed by atoms with van der Waals surface area (Å²) in [5.41, 5.74) is 2.58. The number of amides is 1. The van der Waals surface area contributed by atoms with E-state index in [4.69, 9.17) is 0 Å². The van der Waals surface area contributed by atoms with E-state index < -0.39 is 0 Å². The summed E-state index contributed by atoms with van der Waals surface area (Å²) in [7, 11) is 2.10. The lowest BCUT2D eigenvalue weighted by Crippen LogP contribution is -2.53. The van der Waals surface area contributed by atoms with Gasteiger partial charge in [0, 0.05) is 32.1 Å². The molecule has 1 unspecified atom stereocenters. The van der Waals surface area contributed by atoms with Crippen LogP contribution in [0.15, 0.2) is 6.07 Å². The molecule has 3 aliphatic rings. The van der Waals surface area contributed by atoms with Crippen molar-refractivity contribution in [3.05, 3.63) is 17.3 Å². The fourth-order valence-electron chi connectivity index (χ4n) is 4.29. The van der Waals surface area contributed by atoms with Crippen molar-refractivity contribution in [2.75, 3.05) is 44.7 Å². The maximum atomic E-state index is 12.3. The van der Waals surface area contributed by atoms with Gasteiger partial charge in [-0.05, 0) is 63.7 Å². The summed E-state index contributed by atoms with van der Waals surface area (Å²) in [5.74, 6) is 1.94. The summed E-state index contributed by atoms with van der Waals surface area (Å²) in [6.45, 7) is 4.74. The van der Waals surface area contributed by atoms with Crippen molar-refractivity contribution in [2.24, 2.45) is 11.8 Å². The van der Waals surface area contributed by atoms with Gasteiger partial charge in [-0.15, -0.1) is 5.10 Å². The number of hydrogen-bond acceptors (Lipinski definition) is 5. The molecule has 3 heterocycles. The Hall–Kier alpha value is -1.69. The first kappa shape index (κ1) is 16.8. The molecule has 1 aromatic rings. The highest BCUT2D eigenvalue weighted by Crippen LogP contribution is 2.26. The Balaban J connectivity index is 1.23. The molecule has 0 spiro atoms. The summed E-state index contributed by atoms with van der Waals surface area (Å²) >= 11 is 0. The van der Waals surface area contributed by atoms with Crippen LogP contribution >= 0.6 is 0 Å². The lowest BCUT2D eigenvalue weighted by atomic mass is 9.95. The van der Waals surface area contributed by atoms with Crippen molar-refractivity contribution in [3.63, 3.8) is 0 Å². The number of likely N-dealkylation sites (tertiary alicyclic amines) is 1. The minimum atomic E-state index is 0.168. The molecule has 1 atom stereocenters. The monoisotopic (exact) mass is 343 g/mol. The van der Waals surface area contributed by atoms with Crippen LogP contribution in [0.2, 0.25) is 0 Å². The van der Waals surface area contributed by atoms with Gasteiger partial charge in [0.05, 0.1) is 11.6 Å². The van der Waals surface area contributed by atoms with Crippen LogP contribution in [-0.4, -0.2) is 60.8 Å². The van der Waals surface area contributed by atoms with Crippen LogP contribution in [0, 0.1) is 11.8 Å². The molecule has 136 valence electrons. The van der Waals surface area contributed by atoms with Gasteiger partial charge in [-0.25, -0.2) is 0 Å². The second-order valence-electron chi connectivity index (χ2n) is 8.00. The molecule has 2 aliphatic heterocycles. The van der Waals surface area contributed by atoms with Crippen LogP contribution in [0.25, 0.3) is 0 Å². The number of aryl methyl sites for hydroxylation is 2. The van der Waals surface area contributed by atoms with Crippen LogP contribution in [0.5, 0.6) is 0 Å². The minimum absolute atomic E-state index is 0.168. The van der Waals surface area contributed by atoms with E-state index >= 15 is 0 Å². The summed E-state index contributed by atoms with van der Waals surface area (Å²) in [6.07, 6.45) is 6.88. The third-order valence-corrected chi connectivity index (χ3v) is 5.90. The van der Waals surface area contributed by atoms with Crippen LogP contribution in [0.4, 0.5) is 5.82 Å². The molecule has 1 aromatic heterocycles. The molecule has 2 saturated heterocycles. The minimum Gasteiger partial charge on any atom is -0.355 e. The SMILES string of the molecule is CN1CCCC(C(=O)NCC2CN(c3cc4c(nn3)CCCC4)C2)C1. The Morgan fingerprint density at radius 2 is 2.04 bits per heavy atom. The van der Waals surface area contributed by atoms with E-state index in [-0.39, 0.29) is 11.8 Å². The topological polar surface area (TPSA) is 61.4 Å². The van der Waals surface area contributed by atoms with Gasteiger partial charge >= 0.3 is 0 Å². The zero-order valence-electron chi connectivity index (χ0n) is 15.2. The van der Waals surface area contributed by atoms with Gasteiger partial charge in [0.1, 0.15) is 0 Å². The first-order valence-electron chi connectivity index (χ1n) is 9.75. The Morgan fingerprint density at radius 1 is 1.20 bits per heavy atom. The quantitative estimate of drug-likeness (QED) is 0.892. The van der Waals surface area contributed by atoms with E-state index in [2.05, 4.69) is 38.4 Å². The number of rotatable bonds is 4. The first-order chi connectivity index (χ1) is 12.2. The number of fused-ring (bicyclic) bond motifs is 1. The fourth-order valence-corrected chi connectivity index (χ4v) is 4.29. The van der Waals surface area contributed by atoms with Crippen molar-refractivity contribution < 1.29 is 4.79 Å². The van der Waals surface area contributed by atoms with Crippen molar-refractivity contribution in [3.8, 4) is 0 Å². The highest BCUT2D eigenvalue weighted by molar-refractivity contribution is 5.79. The van der Waals surface area contributed by atoms with E-state index in [1.165, 1.54) is 24.1 Å². The highest BCUT2D eigenvalue weighted by atomic mass is 16.1. The largest absolute Gasteiger partial charge is 0.355 e. The average molecular weight is 343 g/mol. The van der Waals surface area contributed by atoms with Crippen LogP contribution in [-0.2, 0) is 17.6 Å². The predicted molar refractivity (Wildman–Crippen MR) is 97.6 cm³/mol. The van der Waals surface area contributed by atoms with Crippen molar-refractivity contribution in [1.82, 2.24) is 20.4 Å². The third kappa shape index (κ3) is 3.78. The standard InChI is InChI=1S/C19H29N5O/c1-23-8-4-6-16(13-23)19(25)20-10-14-11-24(12-14)18-9-15-5-2-3-7-17(15)21-22-18/h9,14,16H,2-8,10-13H2,1H3,(H,20,25). The molecular weight excluding hydrogens is 314 g/mol. The van der Waals surface area contributed by atoms with E-state index in [0.717, 1.165) is 64.2 Å². The summed E-state index contributed by atoms with van der Waals surface area (Å²) in [5, 5.41) is 12.0. The molecule has 6 heteroatoms. The average Bonchev–Trinajstić information content (AvgIpc) is 2.60. The van der Waals surface area contributed by atoms with Crippen molar-refractivity contribution in [1.29, 1.82) is 0 Å². The van der Waals surface area contributed by atoms with Crippen LogP contribution < -0.4 is 10.2 Å². The Labute approximate surface area is 150 Å². The molecular formula is C19H29N5O. The summed E-state index contributed by atoms with van der Waals surface area (Å²) < 4.78 is 0. The zero-order chi connectivity index (χ0) is 17.2. The number of piperidine rings is 1. The molecule has 2 fully saturated rings. The number of carbonyl (C=O) groups is 1. The Kier molecular flexibility index (Phi) is 4.88. The lowest BCUT2D eigenvalue weighted by molar-refractivity contribution is -0.126.